The molecule has 106 valence electrons. The summed E-state index contributed by atoms with van der Waals surface area (Å²) in [4.78, 5) is 0. The van der Waals surface area contributed by atoms with Gasteiger partial charge < -0.3 is 0 Å². The first-order valence-electron chi connectivity index (χ1n) is 6.18. The van der Waals surface area contributed by atoms with Crippen LogP contribution in [0.15, 0.2) is 40.9 Å². The van der Waals surface area contributed by atoms with E-state index in [9.17, 15) is 4.39 Å². The second-order valence-corrected chi connectivity index (χ2v) is 5.85. The maximum absolute atomic E-state index is 13.5. The molecule has 0 radical (unpaired) electrons. The summed E-state index contributed by atoms with van der Waals surface area (Å²) >= 11 is 9.30. The lowest BCUT2D eigenvalue weighted by Gasteiger charge is -2.18. The Kier molecular flexibility index (Phi) is 5.16. The molecule has 0 saturated carbocycles. The summed E-state index contributed by atoms with van der Waals surface area (Å²) in [6, 6.07) is 10.6. The molecule has 0 bridgehead atoms. The van der Waals surface area contributed by atoms with E-state index in [1.54, 1.807) is 6.07 Å². The van der Waals surface area contributed by atoms with Crippen molar-refractivity contribution in [2.24, 2.45) is 5.84 Å². The van der Waals surface area contributed by atoms with Crippen molar-refractivity contribution in [2.45, 2.75) is 19.4 Å². The van der Waals surface area contributed by atoms with E-state index in [1.165, 1.54) is 6.07 Å². The lowest BCUT2D eigenvalue weighted by atomic mass is 9.98. The van der Waals surface area contributed by atoms with Crippen molar-refractivity contribution in [1.29, 1.82) is 0 Å². The van der Waals surface area contributed by atoms with Gasteiger partial charge in [-0.3, -0.25) is 11.3 Å². The third-order valence-electron chi connectivity index (χ3n) is 3.24. The van der Waals surface area contributed by atoms with Crippen LogP contribution in [0.25, 0.3) is 0 Å². The van der Waals surface area contributed by atoms with E-state index in [-0.39, 0.29) is 11.9 Å². The Hall–Kier alpha value is -0.940. The van der Waals surface area contributed by atoms with E-state index >= 15 is 0 Å². The summed E-state index contributed by atoms with van der Waals surface area (Å²) in [5, 5.41) is 0.719. The largest absolute Gasteiger partial charge is 0.271 e. The lowest BCUT2D eigenvalue weighted by Crippen LogP contribution is -2.29. The minimum Gasteiger partial charge on any atom is -0.271 e. The van der Waals surface area contributed by atoms with E-state index in [4.69, 9.17) is 17.4 Å². The zero-order chi connectivity index (χ0) is 14.7. The highest BCUT2D eigenvalue weighted by Gasteiger charge is 2.14. The molecule has 2 aromatic rings. The summed E-state index contributed by atoms with van der Waals surface area (Å²) in [5.74, 6) is 5.36. The van der Waals surface area contributed by atoms with Gasteiger partial charge in [0.25, 0.3) is 0 Å². The predicted molar refractivity (Wildman–Crippen MR) is 84.1 cm³/mol. The van der Waals surface area contributed by atoms with Crippen molar-refractivity contribution in [3.8, 4) is 0 Å². The highest BCUT2D eigenvalue weighted by molar-refractivity contribution is 9.10. The lowest BCUT2D eigenvalue weighted by molar-refractivity contribution is 0.546. The molecule has 0 aliphatic heterocycles. The van der Waals surface area contributed by atoms with Gasteiger partial charge in [-0.15, -0.1) is 0 Å². The number of hydrazine groups is 1. The minimum absolute atomic E-state index is 0.107. The molecule has 0 saturated heterocycles. The van der Waals surface area contributed by atoms with Crippen LogP contribution in [-0.4, -0.2) is 0 Å². The van der Waals surface area contributed by atoms with Gasteiger partial charge in [-0.05, 0) is 58.1 Å². The molecule has 0 heterocycles. The Morgan fingerprint density at radius 1 is 1.35 bits per heavy atom. The van der Waals surface area contributed by atoms with Crippen LogP contribution in [0.5, 0.6) is 0 Å². The van der Waals surface area contributed by atoms with Crippen LogP contribution in [0.1, 0.15) is 22.7 Å². The summed E-state index contributed by atoms with van der Waals surface area (Å²) in [6.07, 6.45) is 0.579. The molecule has 1 atom stereocenters. The zero-order valence-corrected chi connectivity index (χ0v) is 13.3. The van der Waals surface area contributed by atoms with Gasteiger partial charge in [0.1, 0.15) is 5.82 Å². The smallest absolute Gasteiger partial charge is 0.137 e. The average Bonchev–Trinajstić information content (AvgIpc) is 2.44. The van der Waals surface area contributed by atoms with Gasteiger partial charge in [0, 0.05) is 5.02 Å². The highest BCUT2D eigenvalue weighted by atomic mass is 79.9. The normalized spacial score (nSPS) is 12.4. The molecule has 2 rings (SSSR count). The fourth-order valence-electron chi connectivity index (χ4n) is 2.08. The van der Waals surface area contributed by atoms with Gasteiger partial charge in [-0.25, -0.2) is 4.39 Å². The SMILES string of the molecule is Cc1cc(C(Cc2cccc(F)c2Br)NN)ccc1Cl. The van der Waals surface area contributed by atoms with E-state index in [1.807, 2.05) is 31.2 Å². The number of benzene rings is 2. The van der Waals surface area contributed by atoms with Gasteiger partial charge >= 0.3 is 0 Å². The summed E-state index contributed by atoms with van der Waals surface area (Å²) in [5.41, 5.74) is 5.64. The fourth-order valence-corrected chi connectivity index (χ4v) is 2.63. The summed E-state index contributed by atoms with van der Waals surface area (Å²) in [7, 11) is 0. The Bertz CT molecular complexity index is 619. The maximum atomic E-state index is 13.5. The van der Waals surface area contributed by atoms with Crippen LogP contribution in [0, 0.1) is 12.7 Å². The van der Waals surface area contributed by atoms with Crippen molar-refractivity contribution in [2.75, 3.05) is 0 Å². The number of halogens is 3. The molecule has 1 unspecified atom stereocenters. The van der Waals surface area contributed by atoms with Crippen molar-refractivity contribution in [3.05, 3.63) is 68.4 Å². The Morgan fingerprint density at radius 2 is 2.10 bits per heavy atom. The topological polar surface area (TPSA) is 38.0 Å². The average molecular weight is 358 g/mol. The molecular formula is C15H15BrClFN2. The Morgan fingerprint density at radius 3 is 2.75 bits per heavy atom. The van der Waals surface area contributed by atoms with E-state index in [0.29, 0.717) is 10.9 Å². The molecule has 2 nitrogen and oxygen atoms in total. The van der Waals surface area contributed by atoms with Gasteiger partial charge in [-0.1, -0.05) is 35.9 Å². The molecule has 0 fully saturated rings. The number of aryl methyl sites for hydroxylation is 1. The van der Waals surface area contributed by atoms with E-state index in [2.05, 4.69) is 21.4 Å². The van der Waals surface area contributed by atoms with Crippen LogP contribution in [0.2, 0.25) is 5.02 Å². The summed E-state index contributed by atoms with van der Waals surface area (Å²) in [6.45, 7) is 1.94. The number of rotatable bonds is 4. The molecule has 0 aromatic heterocycles. The van der Waals surface area contributed by atoms with E-state index < -0.39 is 0 Å². The van der Waals surface area contributed by atoms with Gasteiger partial charge in [-0.2, -0.15) is 0 Å². The molecule has 0 amide bonds. The molecular weight excluding hydrogens is 343 g/mol. The van der Waals surface area contributed by atoms with Gasteiger partial charge in [0.2, 0.25) is 0 Å². The maximum Gasteiger partial charge on any atom is 0.137 e. The Labute approximate surface area is 131 Å². The number of hydrogen-bond acceptors (Lipinski definition) is 2. The van der Waals surface area contributed by atoms with Crippen molar-refractivity contribution in [3.63, 3.8) is 0 Å². The molecule has 0 spiro atoms. The third-order valence-corrected chi connectivity index (χ3v) is 4.55. The van der Waals surface area contributed by atoms with Crippen LogP contribution in [0.3, 0.4) is 0 Å². The van der Waals surface area contributed by atoms with E-state index in [0.717, 1.165) is 21.7 Å². The van der Waals surface area contributed by atoms with Crippen LogP contribution >= 0.6 is 27.5 Å². The standard InChI is InChI=1S/C15H15BrClFN2/c1-9-7-10(5-6-12(9)17)14(20-19)8-11-3-2-4-13(18)15(11)16/h2-7,14,20H,8,19H2,1H3. The van der Waals surface area contributed by atoms with Gasteiger partial charge in [0.05, 0.1) is 10.5 Å². The van der Waals surface area contributed by atoms with Crippen molar-refractivity contribution < 1.29 is 4.39 Å². The molecule has 0 aliphatic carbocycles. The minimum atomic E-state index is -0.273. The first-order valence-corrected chi connectivity index (χ1v) is 7.35. The first kappa shape index (κ1) is 15.4. The molecule has 5 heteroatoms. The summed E-state index contributed by atoms with van der Waals surface area (Å²) < 4.78 is 14.0. The second kappa shape index (κ2) is 6.68. The monoisotopic (exact) mass is 356 g/mol. The van der Waals surface area contributed by atoms with Crippen molar-refractivity contribution >= 4 is 27.5 Å². The first-order chi connectivity index (χ1) is 9.52. The quantitative estimate of drug-likeness (QED) is 0.632. The van der Waals surface area contributed by atoms with Crippen LogP contribution < -0.4 is 11.3 Å². The number of hydrogen-bond donors (Lipinski definition) is 2. The fraction of sp³-hybridized carbons (Fsp3) is 0.200. The number of nitrogens with one attached hydrogen (secondary N) is 1. The third kappa shape index (κ3) is 3.38. The molecule has 0 aliphatic rings. The molecule has 20 heavy (non-hydrogen) atoms. The van der Waals surface area contributed by atoms with Gasteiger partial charge in [0.15, 0.2) is 0 Å². The molecule has 2 aromatic carbocycles. The molecule has 3 N–H and O–H groups in total. The zero-order valence-electron chi connectivity index (χ0n) is 11.0. The van der Waals surface area contributed by atoms with Crippen LogP contribution in [0.4, 0.5) is 4.39 Å². The number of nitrogens with two attached hydrogens (primary N) is 1. The Balaban J connectivity index is 2.28. The van der Waals surface area contributed by atoms with Crippen LogP contribution in [-0.2, 0) is 6.42 Å². The van der Waals surface area contributed by atoms with Crippen molar-refractivity contribution in [1.82, 2.24) is 5.43 Å². The second-order valence-electron chi connectivity index (χ2n) is 4.64. The highest BCUT2D eigenvalue weighted by Crippen LogP contribution is 2.27. The predicted octanol–water partition coefficient (Wildman–Crippen LogP) is 4.30.